The lowest BCUT2D eigenvalue weighted by molar-refractivity contribution is -0.141. The van der Waals surface area contributed by atoms with E-state index in [0.717, 1.165) is 22.3 Å². The third-order valence-electron chi connectivity index (χ3n) is 4.11. The van der Waals surface area contributed by atoms with E-state index in [2.05, 4.69) is 0 Å². The zero-order chi connectivity index (χ0) is 14.9. The Morgan fingerprint density at radius 3 is 2.00 bits per heavy atom. The molecule has 0 radical (unpaired) electrons. The first-order chi connectivity index (χ1) is 10.2. The highest BCUT2D eigenvalue weighted by Gasteiger charge is 2.48. The topological polar surface area (TPSA) is 37.3 Å². The number of halogens is 1. The Hall–Kier alpha value is -2.06. The van der Waals surface area contributed by atoms with Gasteiger partial charge in [-0.2, -0.15) is 0 Å². The van der Waals surface area contributed by atoms with Crippen LogP contribution < -0.4 is 0 Å². The third-order valence-corrected chi connectivity index (χ3v) is 4.29. The average Bonchev–Trinajstić information content (AvgIpc) is 2.80. The van der Waals surface area contributed by atoms with Crippen molar-refractivity contribution < 1.29 is 9.90 Å². The van der Waals surface area contributed by atoms with E-state index in [1.807, 2.05) is 54.6 Å². The van der Waals surface area contributed by atoms with Crippen LogP contribution in [0.5, 0.6) is 0 Å². The number of carboxylic acids is 1. The van der Waals surface area contributed by atoms with E-state index < -0.39 is 11.4 Å². The summed E-state index contributed by atoms with van der Waals surface area (Å²) in [5, 5.41) is 9.99. The monoisotopic (exact) mass is 298 g/mol. The van der Waals surface area contributed by atoms with Gasteiger partial charge in [0, 0.05) is 5.88 Å². The molecule has 0 aromatic heterocycles. The lowest BCUT2D eigenvalue weighted by Crippen LogP contribution is -2.34. The second-order valence-corrected chi connectivity index (χ2v) is 5.44. The molecule has 0 saturated carbocycles. The molecule has 106 valence electrons. The van der Waals surface area contributed by atoms with E-state index in [0.29, 0.717) is 12.3 Å². The summed E-state index contributed by atoms with van der Waals surface area (Å²) >= 11 is 5.68. The summed E-state index contributed by atoms with van der Waals surface area (Å²) in [6, 6.07) is 15.5. The van der Waals surface area contributed by atoms with Crippen LogP contribution in [0, 0.1) is 0 Å². The van der Waals surface area contributed by atoms with Crippen LogP contribution in [0.4, 0.5) is 0 Å². The van der Waals surface area contributed by atoms with Gasteiger partial charge in [-0.3, -0.25) is 4.79 Å². The first-order valence-corrected chi connectivity index (χ1v) is 7.39. The summed E-state index contributed by atoms with van der Waals surface area (Å²) in [6.07, 6.45) is 4.07. The van der Waals surface area contributed by atoms with E-state index in [4.69, 9.17) is 11.6 Å². The average molecular weight is 299 g/mol. The summed E-state index contributed by atoms with van der Waals surface area (Å²) in [7, 11) is 0. The van der Waals surface area contributed by atoms with Gasteiger partial charge in [-0.1, -0.05) is 60.7 Å². The summed E-state index contributed by atoms with van der Waals surface area (Å²) in [6.45, 7) is 0. The van der Waals surface area contributed by atoms with Gasteiger partial charge in [0.2, 0.25) is 0 Å². The number of hydrogen-bond acceptors (Lipinski definition) is 1. The van der Waals surface area contributed by atoms with Crippen molar-refractivity contribution in [1.29, 1.82) is 0 Å². The van der Waals surface area contributed by atoms with Gasteiger partial charge in [-0.15, -0.1) is 11.6 Å². The molecule has 1 N–H and O–H groups in total. The SMILES string of the molecule is O=C(O)C1(C/C=C\CCl)c2ccccc2-c2ccccc21. The molecule has 0 fully saturated rings. The first kappa shape index (κ1) is 13.9. The summed E-state index contributed by atoms with van der Waals surface area (Å²) in [5.41, 5.74) is 2.72. The van der Waals surface area contributed by atoms with E-state index in [9.17, 15) is 9.90 Å². The minimum atomic E-state index is -1.02. The van der Waals surface area contributed by atoms with Gasteiger partial charge in [0.05, 0.1) is 0 Å². The number of fused-ring (bicyclic) bond motifs is 3. The molecule has 0 spiro atoms. The zero-order valence-electron chi connectivity index (χ0n) is 11.4. The Labute approximate surface area is 128 Å². The maximum Gasteiger partial charge on any atom is 0.319 e. The van der Waals surface area contributed by atoms with Crippen molar-refractivity contribution in [2.24, 2.45) is 0 Å². The fourth-order valence-electron chi connectivity index (χ4n) is 3.19. The molecule has 3 heteroatoms. The maximum absolute atomic E-state index is 12.2. The van der Waals surface area contributed by atoms with Crippen LogP contribution in [0.15, 0.2) is 60.7 Å². The van der Waals surface area contributed by atoms with Crippen molar-refractivity contribution in [2.45, 2.75) is 11.8 Å². The minimum Gasteiger partial charge on any atom is -0.480 e. The number of carbonyl (C=O) groups is 1. The molecule has 2 aromatic rings. The highest BCUT2D eigenvalue weighted by atomic mass is 35.5. The van der Waals surface area contributed by atoms with Gasteiger partial charge in [-0.25, -0.2) is 0 Å². The molecule has 0 atom stereocenters. The quantitative estimate of drug-likeness (QED) is 0.678. The highest BCUT2D eigenvalue weighted by molar-refractivity contribution is 6.18. The number of allylic oxidation sites excluding steroid dienone is 2. The van der Waals surface area contributed by atoms with Crippen LogP contribution in [-0.4, -0.2) is 17.0 Å². The van der Waals surface area contributed by atoms with Crippen LogP contribution in [-0.2, 0) is 10.2 Å². The highest BCUT2D eigenvalue weighted by Crippen LogP contribution is 2.51. The van der Waals surface area contributed by atoms with E-state index in [-0.39, 0.29) is 0 Å². The second kappa shape index (κ2) is 5.38. The molecule has 0 bridgehead atoms. The molecule has 0 aliphatic heterocycles. The Balaban J connectivity index is 2.28. The fourth-order valence-corrected chi connectivity index (χ4v) is 3.31. The van der Waals surface area contributed by atoms with Gasteiger partial charge >= 0.3 is 5.97 Å². The second-order valence-electron chi connectivity index (χ2n) is 5.13. The smallest absolute Gasteiger partial charge is 0.319 e. The van der Waals surface area contributed by atoms with Gasteiger partial charge in [-0.05, 0) is 28.7 Å². The van der Waals surface area contributed by atoms with Crippen molar-refractivity contribution in [3.63, 3.8) is 0 Å². The molecule has 2 aromatic carbocycles. The summed E-state index contributed by atoms with van der Waals surface area (Å²) < 4.78 is 0. The molecule has 0 unspecified atom stereocenters. The van der Waals surface area contributed by atoms with Crippen molar-refractivity contribution in [1.82, 2.24) is 0 Å². The molecule has 0 amide bonds. The van der Waals surface area contributed by atoms with Crippen molar-refractivity contribution in [3.05, 3.63) is 71.8 Å². The molecule has 1 aliphatic carbocycles. The molecular weight excluding hydrogens is 284 g/mol. The molecule has 0 saturated heterocycles. The Morgan fingerprint density at radius 2 is 1.52 bits per heavy atom. The van der Waals surface area contributed by atoms with Crippen LogP contribution in [0.2, 0.25) is 0 Å². The van der Waals surface area contributed by atoms with Crippen LogP contribution in [0.3, 0.4) is 0 Å². The Kier molecular flexibility index (Phi) is 3.56. The predicted octanol–water partition coefficient (Wildman–Crippen LogP) is 4.22. The third kappa shape index (κ3) is 1.98. The number of aliphatic carboxylic acids is 1. The number of hydrogen-bond donors (Lipinski definition) is 1. The number of rotatable bonds is 4. The molecule has 0 heterocycles. The molecule has 1 aliphatic rings. The van der Waals surface area contributed by atoms with Crippen LogP contribution >= 0.6 is 11.6 Å². The lowest BCUT2D eigenvalue weighted by Gasteiger charge is -2.26. The zero-order valence-corrected chi connectivity index (χ0v) is 12.2. The van der Waals surface area contributed by atoms with Crippen molar-refractivity contribution >= 4 is 17.6 Å². The van der Waals surface area contributed by atoms with Crippen LogP contribution in [0.25, 0.3) is 11.1 Å². The summed E-state index contributed by atoms with van der Waals surface area (Å²) in [4.78, 5) is 12.2. The normalized spacial score (nSPS) is 14.9. The number of carboxylic acid groups (broad SMARTS) is 1. The van der Waals surface area contributed by atoms with Gasteiger partial charge in [0.25, 0.3) is 0 Å². The van der Waals surface area contributed by atoms with Gasteiger partial charge in [0.1, 0.15) is 5.41 Å². The van der Waals surface area contributed by atoms with E-state index in [1.165, 1.54) is 0 Å². The van der Waals surface area contributed by atoms with Crippen LogP contribution in [0.1, 0.15) is 17.5 Å². The predicted molar refractivity (Wildman–Crippen MR) is 84.8 cm³/mol. The van der Waals surface area contributed by atoms with E-state index >= 15 is 0 Å². The first-order valence-electron chi connectivity index (χ1n) is 6.85. The molecular formula is C18H15ClO2. The van der Waals surface area contributed by atoms with Crippen molar-refractivity contribution in [3.8, 4) is 11.1 Å². The Bertz CT molecular complexity index is 673. The maximum atomic E-state index is 12.2. The lowest BCUT2D eigenvalue weighted by atomic mass is 9.75. The van der Waals surface area contributed by atoms with Gasteiger partial charge in [0.15, 0.2) is 0 Å². The number of benzene rings is 2. The molecule has 2 nitrogen and oxygen atoms in total. The molecule has 3 rings (SSSR count). The molecule has 21 heavy (non-hydrogen) atoms. The minimum absolute atomic E-state index is 0.388. The van der Waals surface area contributed by atoms with E-state index in [1.54, 1.807) is 6.08 Å². The van der Waals surface area contributed by atoms with Crippen molar-refractivity contribution in [2.75, 3.05) is 5.88 Å². The summed E-state index contributed by atoms with van der Waals surface area (Å²) in [5.74, 6) is -0.432. The van der Waals surface area contributed by atoms with Gasteiger partial charge < -0.3 is 5.11 Å². The number of alkyl halides is 1. The standard InChI is InChI=1S/C18H15ClO2/c19-12-6-5-11-18(17(20)21)15-9-3-1-7-13(15)14-8-2-4-10-16(14)18/h1-10H,11-12H2,(H,20,21)/b6-5-. The largest absolute Gasteiger partial charge is 0.480 e. The Morgan fingerprint density at radius 1 is 1.00 bits per heavy atom. The fraction of sp³-hybridized carbons (Fsp3) is 0.167.